The Bertz CT molecular complexity index is 925. The first-order valence-electron chi connectivity index (χ1n) is 10.0. The summed E-state index contributed by atoms with van der Waals surface area (Å²) >= 11 is 0. The molecule has 0 atom stereocenters. The third-order valence-electron chi connectivity index (χ3n) is 5.06. The van der Waals surface area contributed by atoms with Crippen LogP contribution in [0.15, 0.2) is 79.0 Å². The lowest BCUT2D eigenvalue weighted by Gasteiger charge is -2.23. The molecule has 0 spiro atoms. The fourth-order valence-corrected chi connectivity index (χ4v) is 3.49. The van der Waals surface area contributed by atoms with Gasteiger partial charge in [-0.05, 0) is 36.1 Å². The van der Waals surface area contributed by atoms with Crippen molar-refractivity contribution in [3.8, 4) is 0 Å². The molecule has 2 heterocycles. The Morgan fingerprint density at radius 1 is 0.931 bits per heavy atom. The van der Waals surface area contributed by atoms with Gasteiger partial charge >= 0.3 is 0 Å². The average molecular weight is 387 g/mol. The van der Waals surface area contributed by atoms with E-state index in [0.29, 0.717) is 18.8 Å². The van der Waals surface area contributed by atoms with E-state index in [-0.39, 0.29) is 5.91 Å². The van der Waals surface area contributed by atoms with Crippen molar-refractivity contribution in [2.24, 2.45) is 0 Å². The van der Waals surface area contributed by atoms with Crippen LogP contribution in [0.5, 0.6) is 0 Å². The number of benzene rings is 2. The normalized spacial score (nSPS) is 13.4. The minimum Gasteiger partial charge on any atom is -0.371 e. The standard InChI is InChI=1S/C24H25N3O2/c28-24(23-17-22(13-14-25-23)26-15-7-8-16-26)27(18-20-9-3-1-4-10-20)29-19-21-11-5-2-6-12-21/h1-6,9-14,17H,7-8,15-16,18-19H2. The molecule has 0 saturated carbocycles. The van der Waals surface area contributed by atoms with E-state index in [4.69, 9.17) is 4.84 Å². The molecule has 1 saturated heterocycles. The van der Waals surface area contributed by atoms with Crippen LogP contribution < -0.4 is 4.90 Å². The van der Waals surface area contributed by atoms with Gasteiger partial charge < -0.3 is 4.90 Å². The lowest BCUT2D eigenvalue weighted by atomic mass is 10.2. The van der Waals surface area contributed by atoms with Crippen molar-refractivity contribution >= 4 is 11.6 Å². The van der Waals surface area contributed by atoms with Crippen LogP contribution in [0.4, 0.5) is 5.69 Å². The van der Waals surface area contributed by atoms with Crippen LogP contribution in [-0.2, 0) is 18.0 Å². The van der Waals surface area contributed by atoms with Gasteiger partial charge in [0.05, 0.1) is 6.54 Å². The van der Waals surface area contributed by atoms with E-state index in [2.05, 4.69) is 9.88 Å². The quantitative estimate of drug-likeness (QED) is 0.562. The second kappa shape index (κ2) is 9.34. The van der Waals surface area contributed by atoms with Crippen molar-refractivity contribution in [3.05, 3.63) is 95.8 Å². The predicted octanol–water partition coefficient (Wildman–Crippen LogP) is 4.46. The fourth-order valence-electron chi connectivity index (χ4n) is 3.49. The molecule has 5 nitrogen and oxygen atoms in total. The van der Waals surface area contributed by atoms with Gasteiger partial charge in [-0.2, -0.15) is 0 Å². The second-order valence-corrected chi connectivity index (χ2v) is 7.18. The first kappa shape index (κ1) is 19.2. The minimum atomic E-state index is -0.231. The number of hydrogen-bond donors (Lipinski definition) is 0. The van der Waals surface area contributed by atoms with Gasteiger partial charge in [0.25, 0.3) is 5.91 Å². The van der Waals surface area contributed by atoms with Crippen LogP contribution in [0, 0.1) is 0 Å². The van der Waals surface area contributed by atoms with Crippen molar-refractivity contribution in [2.75, 3.05) is 18.0 Å². The number of nitrogens with zero attached hydrogens (tertiary/aromatic N) is 3. The Morgan fingerprint density at radius 3 is 2.28 bits per heavy atom. The largest absolute Gasteiger partial charge is 0.371 e. The van der Waals surface area contributed by atoms with Crippen LogP contribution in [0.25, 0.3) is 0 Å². The molecule has 1 aromatic heterocycles. The van der Waals surface area contributed by atoms with Crippen LogP contribution in [0.1, 0.15) is 34.5 Å². The third kappa shape index (κ3) is 5.00. The van der Waals surface area contributed by atoms with Crippen molar-refractivity contribution < 1.29 is 9.63 Å². The lowest BCUT2D eigenvalue weighted by Crippen LogP contribution is -2.31. The molecule has 0 unspecified atom stereocenters. The number of anilines is 1. The van der Waals surface area contributed by atoms with Crippen LogP contribution in [-0.4, -0.2) is 29.0 Å². The van der Waals surface area contributed by atoms with Gasteiger partial charge in [0.1, 0.15) is 12.3 Å². The molecule has 148 valence electrons. The van der Waals surface area contributed by atoms with Crippen molar-refractivity contribution in [2.45, 2.75) is 26.0 Å². The van der Waals surface area contributed by atoms with Gasteiger partial charge in [0.2, 0.25) is 0 Å². The highest BCUT2D eigenvalue weighted by Crippen LogP contribution is 2.21. The van der Waals surface area contributed by atoms with E-state index in [9.17, 15) is 4.79 Å². The molecule has 4 rings (SSSR count). The molecule has 0 N–H and O–H groups in total. The molecule has 29 heavy (non-hydrogen) atoms. The van der Waals surface area contributed by atoms with Gasteiger partial charge in [-0.15, -0.1) is 0 Å². The zero-order valence-corrected chi connectivity index (χ0v) is 16.4. The van der Waals surface area contributed by atoms with E-state index in [1.165, 1.54) is 17.9 Å². The van der Waals surface area contributed by atoms with Gasteiger partial charge in [-0.1, -0.05) is 60.7 Å². The summed E-state index contributed by atoms with van der Waals surface area (Å²) in [7, 11) is 0. The predicted molar refractivity (Wildman–Crippen MR) is 113 cm³/mol. The minimum absolute atomic E-state index is 0.231. The van der Waals surface area contributed by atoms with Crippen molar-refractivity contribution in [1.29, 1.82) is 0 Å². The summed E-state index contributed by atoms with van der Waals surface area (Å²) < 4.78 is 0. The molecule has 1 amide bonds. The number of pyridine rings is 1. The summed E-state index contributed by atoms with van der Waals surface area (Å²) in [5.74, 6) is -0.231. The smallest absolute Gasteiger partial charge is 0.296 e. The maximum Gasteiger partial charge on any atom is 0.296 e. The van der Waals surface area contributed by atoms with E-state index in [0.717, 1.165) is 29.9 Å². The second-order valence-electron chi connectivity index (χ2n) is 7.18. The Balaban J connectivity index is 1.54. The highest BCUT2D eigenvalue weighted by atomic mass is 16.7. The number of rotatable bonds is 7. The summed E-state index contributed by atoms with van der Waals surface area (Å²) in [6, 6.07) is 23.5. The SMILES string of the molecule is O=C(c1cc(N2CCCC2)ccn1)N(Cc1ccccc1)OCc1ccccc1. The van der Waals surface area contributed by atoms with Crippen molar-refractivity contribution in [3.63, 3.8) is 0 Å². The molecule has 0 radical (unpaired) electrons. The Labute approximate surface area is 171 Å². The van der Waals surface area contributed by atoms with Crippen molar-refractivity contribution in [1.82, 2.24) is 10.0 Å². The Hall–Kier alpha value is -3.18. The first-order chi connectivity index (χ1) is 14.3. The monoisotopic (exact) mass is 387 g/mol. The molecule has 0 bridgehead atoms. The van der Waals surface area contributed by atoms with Crippen LogP contribution in [0.2, 0.25) is 0 Å². The maximum atomic E-state index is 13.3. The average Bonchev–Trinajstić information content (AvgIpc) is 3.33. The number of amides is 1. The summed E-state index contributed by atoms with van der Waals surface area (Å²) in [5.41, 5.74) is 3.46. The van der Waals surface area contributed by atoms with Gasteiger partial charge in [-0.25, -0.2) is 5.06 Å². The maximum absolute atomic E-state index is 13.3. The summed E-state index contributed by atoms with van der Waals surface area (Å²) in [4.78, 5) is 25.8. The summed E-state index contributed by atoms with van der Waals surface area (Å²) in [6.45, 7) is 2.74. The van der Waals surface area contributed by atoms with E-state index >= 15 is 0 Å². The number of carbonyl (C=O) groups is 1. The number of aromatic nitrogens is 1. The van der Waals surface area contributed by atoms with Gasteiger partial charge in [-0.3, -0.25) is 14.6 Å². The van der Waals surface area contributed by atoms with E-state index < -0.39 is 0 Å². The van der Waals surface area contributed by atoms with Gasteiger partial charge in [0.15, 0.2) is 0 Å². The third-order valence-corrected chi connectivity index (χ3v) is 5.06. The van der Waals surface area contributed by atoms with E-state index in [1.807, 2.05) is 72.8 Å². The lowest BCUT2D eigenvalue weighted by molar-refractivity contribution is -0.140. The number of hydroxylamine groups is 2. The molecule has 0 aliphatic carbocycles. The summed E-state index contributed by atoms with van der Waals surface area (Å²) in [6.07, 6.45) is 4.08. The topological polar surface area (TPSA) is 45.7 Å². The van der Waals surface area contributed by atoms with E-state index in [1.54, 1.807) is 6.20 Å². The molecule has 1 fully saturated rings. The molecular formula is C24H25N3O2. The van der Waals surface area contributed by atoms with Gasteiger partial charge in [0, 0.05) is 25.0 Å². The zero-order valence-electron chi connectivity index (χ0n) is 16.4. The fraction of sp³-hybridized carbons (Fsp3) is 0.250. The highest BCUT2D eigenvalue weighted by molar-refractivity contribution is 5.92. The van der Waals surface area contributed by atoms with Crippen LogP contribution >= 0.6 is 0 Å². The molecule has 2 aromatic carbocycles. The highest BCUT2D eigenvalue weighted by Gasteiger charge is 2.21. The first-order valence-corrected chi connectivity index (χ1v) is 10.0. The number of carbonyl (C=O) groups excluding carboxylic acids is 1. The van der Waals surface area contributed by atoms with Crippen LogP contribution in [0.3, 0.4) is 0 Å². The Morgan fingerprint density at radius 2 is 1.59 bits per heavy atom. The number of hydrogen-bond acceptors (Lipinski definition) is 4. The molecular weight excluding hydrogens is 362 g/mol. The molecule has 1 aliphatic rings. The zero-order chi connectivity index (χ0) is 19.9. The summed E-state index contributed by atoms with van der Waals surface area (Å²) in [5, 5.41) is 1.42. The molecule has 3 aromatic rings. The molecule has 1 aliphatic heterocycles. The Kier molecular flexibility index (Phi) is 6.17. The molecule has 5 heteroatoms.